The Morgan fingerprint density at radius 2 is 2.04 bits per heavy atom. The van der Waals surface area contributed by atoms with Gasteiger partial charge in [0, 0.05) is 24.8 Å². The van der Waals surface area contributed by atoms with Gasteiger partial charge in [-0.3, -0.25) is 9.89 Å². The van der Waals surface area contributed by atoms with Gasteiger partial charge in [0.2, 0.25) is 0 Å². The molecule has 0 saturated heterocycles. The highest BCUT2D eigenvalue weighted by atomic mass is 16.4. The van der Waals surface area contributed by atoms with Crippen LogP contribution in [0, 0.1) is 0 Å². The van der Waals surface area contributed by atoms with Crippen molar-refractivity contribution in [2.75, 3.05) is 6.54 Å². The molecule has 4 aromatic rings. The molecule has 0 bridgehead atoms. The number of benzene rings is 1. The smallest absolute Gasteiger partial charge is 0.272 e. The number of aromatic amines is 1. The predicted octanol–water partition coefficient (Wildman–Crippen LogP) is 2.74. The summed E-state index contributed by atoms with van der Waals surface area (Å²) in [5, 5.41) is 7.63. The molecule has 5 rings (SSSR count). The van der Waals surface area contributed by atoms with Crippen molar-refractivity contribution < 1.29 is 9.21 Å². The molecular formula is C20H17N5O2. The molecule has 27 heavy (non-hydrogen) atoms. The maximum absolute atomic E-state index is 12.8. The fourth-order valence-corrected chi connectivity index (χ4v) is 3.38. The standard InChI is InChI=1S/C20H17N5O2/c26-20(15-7-6-14-11-21-24-19(14)23-15)25-9-8-17-16(12-25)22-18(27-17)10-13-4-2-1-3-5-13/h1-7,11H,8-10,12H2,(H,21,23,24). The van der Waals surface area contributed by atoms with E-state index in [1.54, 1.807) is 17.2 Å². The van der Waals surface area contributed by atoms with Gasteiger partial charge in [-0.2, -0.15) is 5.10 Å². The highest BCUT2D eigenvalue weighted by molar-refractivity contribution is 5.94. The Morgan fingerprint density at radius 3 is 2.93 bits per heavy atom. The third-order valence-corrected chi connectivity index (χ3v) is 4.78. The van der Waals surface area contributed by atoms with E-state index in [0.717, 1.165) is 22.4 Å². The Kier molecular flexibility index (Phi) is 3.71. The lowest BCUT2D eigenvalue weighted by Gasteiger charge is -2.24. The molecular weight excluding hydrogens is 342 g/mol. The number of carbonyl (C=O) groups excluding carboxylic acids is 1. The molecule has 0 spiro atoms. The van der Waals surface area contributed by atoms with Crippen LogP contribution >= 0.6 is 0 Å². The molecule has 1 amide bonds. The van der Waals surface area contributed by atoms with Gasteiger partial charge < -0.3 is 9.32 Å². The van der Waals surface area contributed by atoms with Gasteiger partial charge in [-0.1, -0.05) is 30.3 Å². The van der Waals surface area contributed by atoms with Gasteiger partial charge in [0.15, 0.2) is 11.5 Å². The van der Waals surface area contributed by atoms with Gasteiger partial charge in [-0.05, 0) is 17.7 Å². The van der Waals surface area contributed by atoms with E-state index in [4.69, 9.17) is 4.42 Å². The molecule has 0 unspecified atom stereocenters. The van der Waals surface area contributed by atoms with Crippen molar-refractivity contribution in [1.82, 2.24) is 25.1 Å². The summed E-state index contributed by atoms with van der Waals surface area (Å²) in [6, 6.07) is 13.7. The summed E-state index contributed by atoms with van der Waals surface area (Å²) >= 11 is 0. The minimum Gasteiger partial charge on any atom is -0.445 e. The Hall–Kier alpha value is -3.48. The molecule has 4 heterocycles. The molecule has 134 valence electrons. The molecule has 7 heteroatoms. The van der Waals surface area contributed by atoms with Crippen LogP contribution in [-0.2, 0) is 19.4 Å². The van der Waals surface area contributed by atoms with E-state index in [2.05, 4.69) is 32.3 Å². The van der Waals surface area contributed by atoms with Gasteiger partial charge in [0.05, 0.1) is 12.7 Å². The highest BCUT2D eigenvalue weighted by Crippen LogP contribution is 2.23. The van der Waals surface area contributed by atoms with E-state index < -0.39 is 0 Å². The number of hydrogen-bond donors (Lipinski definition) is 1. The third-order valence-electron chi connectivity index (χ3n) is 4.78. The summed E-state index contributed by atoms with van der Waals surface area (Å²) in [6.07, 6.45) is 3.00. The molecule has 0 saturated carbocycles. The lowest BCUT2D eigenvalue weighted by molar-refractivity contribution is 0.0722. The van der Waals surface area contributed by atoms with Crippen LogP contribution in [0.4, 0.5) is 0 Å². The molecule has 0 aliphatic carbocycles. The zero-order valence-corrected chi connectivity index (χ0v) is 14.6. The number of rotatable bonds is 3. The van der Waals surface area contributed by atoms with Crippen molar-refractivity contribution in [2.24, 2.45) is 0 Å². The second-order valence-electron chi connectivity index (χ2n) is 6.62. The number of aromatic nitrogens is 4. The molecule has 0 atom stereocenters. The number of H-pyrrole nitrogens is 1. The monoisotopic (exact) mass is 359 g/mol. The first-order valence-electron chi connectivity index (χ1n) is 8.87. The van der Waals surface area contributed by atoms with Crippen LogP contribution in [0.3, 0.4) is 0 Å². The van der Waals surface area contributed by atoms with E-state index in [9.17, 15) is 4.79 Å². The number of nitrogens with one attached hydrogen (secondary N) is 1. The Balaban J connectivity index is 1.35. The quantitative estimate of drug-likeness (QED) is 0.608. The molecule has 3 aromatic heterocycles. The lowest BCUT2D eigenvalue weighted by atomic mass is 10.1. The zero-order chi connectivity index (χ0) is 18.2. The van der Waals surface area contributed by atoms with Gasteiger partial charge in [-0.25, -0.2) is 9.97 Å². The summed E-state index contributed by atoms with van der Waals surface area (Å²) in [5.74, 6) is 1.46. The van der Waals surface area contributed by atoms with Crippen LogP contribution in [0.25, 0.3) is 11.0 Å². The van der Waals surface area contributed by atoms with Crippen LogP contribution in [0.2, 0.25) is 0 Å². The Labute approximate surface area is 155 Å². The molecule has 0 fully saturated rings. The number of amides is 1. The van der Waals surface area contributed by atoms with Crippen molar-refractivity contribution in [1.29, 1.82) is 0 Å². The van der Waals surface area contributed by atoms with Crippen LogP contribution in [0.15, 0.2) is 53.1 Å². The summed E-state index contributed by atoms with van der Waals surface area (Å²) in [4.78, 5) is 23.6. The SMILES string of the molecule is O=C(c1ccc2cn[nH]c2n1)N1CCc2oc(Cc3ccccc3)nc2C1. The second kappa shape index (κ2) is 6.35. The average molecular weight is 359 g/mol. The molecule has 0 radical (unpaired) electrons. The number of hydrogen-bond acceptors (Lipinski definition) is 5. The minimum absolute atomic E-state index is 0.107. The van der Waals surface area contributed by atoms with E-state index in [-0.39, 0.29) is 5.91 Å². The maximum atomic E-state index is 12.8. The number of pyridine rings is 1. The van der Waals surface area contributed by atoms with Crippen LogP contribution in [-0.4, -0.2) is 37.5 Å². The van der Waals surface area contributed by atoms with Crippen molar-refractivity contribution >= 4 is 16.9 Å². The fourth-order valence-electron chi connectivity index (χ4n) is 3.38. The zero-order valence-electron chi connectivity index (χ0n) is 14.6. The average Bonchev–Trinajstić information content (AvgIpc) is 3.33. The van der Waals surface area contributed by atoms with E-state index in [1.165, 1.54) is 0 Å². The van der Waals surface area contributed by atoms with Gasteiger partial charge >= 0.3 is 0 Å². The number of fused-ring (bicyclic) bond motifs is 2. The minimum atomic E-state index is -0.107. The normalized spacial score (nSPS) is 13.7. The number of oxazole rings is 1. The molecule has 7 nitrogen and oxygen atoms in total. The first kappa shape index (κ1) is 15.7. The van der Waals surface area contributed by atoms with Crippen LogP contribution in [0.1, 0.15) is 33.4 Å². The van der Waals surface area contributed by atoms with Gasteiger partial charge in [0.1, 0.15) is 17.1 Å². The molecule has 1 aromatic carbocycles. The van der Waals surface area contributed by atoms with Gasteiger partial charge in [-0.15, -0.1) is 0 Å². The molecule has 1 N–H and O–H groups in total. The molecule has 1 aliphatic heterocycles. The fraction of sp³-hybridized carbons (Fsp3) is 0.200. The largest absolute Gasteiger partial charge is 0.445 e. The number of nitrogens with zero attached hydrogens (tertiary/aromatic N) is 4. The van der Waals surface area contributed by atoms with Crippen molar-refractivity contribution in [3.63, 3.8) is 0 Å². The van der Waals surface area contributed by atoms with Crippen LogP contribution < -0.4 is 0 Å². The summed E-state index contributed by atoms with van der Waals surface area (Å²) in [7, 11) is 0. The number of carbonyl (C=O) groups is 1. The van der Waals surface area contributed by atoms with Crippen molar-refractivity contribution in [3.8, 4) is 0 Å². The third kappa shape index (κ3) is 2.97. The van der Waals surface area contributed by atoms with E-state index in [0.29, 0.717) is 43.2 Å². The van der Waals surface area contributed by atoms with Crippen molar-refractivity contribution in [3.05, 3.63) is 77.3 Å². The second-order valence-corrected chi connectivity index (χ2v) is 6.62. The molecule has 1 aliphatic rings. The van der Waals surface area contributed by atoms with Gasteiger partial charge in [0.25, 0.3) is 5.91 Å². The summed E-state index contributed by atoms with van der Waals surface area (Å²) in [6.45, 7) is 1.03. The summed E-state index contributed by atoms with van der Waals surface area (Å²) in [5.41, 5.74) is 3.01. The first-order valence-corrected chi connectivity index (χ1v) is 8.87. The topological polar surface area (TPSA) is 87.9 Å². The first-order chi connectivity index (χ1) is 13.3. The summed E-state index contributed by atoms with van der Waals surface area (Å²) < 4.78 is 5.91. The maximum Gasteiger partial charge on any atom is 0.272 e. The Morgan fingerprint density at radius 1 is 1.15 bits per heavy atom. The lowest BCUT2D eigenvalue weighted by Crippen LogP contribution is -2.36. The van der Waals surface area contributed by atoms with Crippen molar-refractivity contribution in [2.45, 2.75) is 19.4 Å². The van der Waals surface area contributed by atoms with E-state index >= 15 is 0 Å². The van der Waals surface area contributed by atoms with E-state index in [1.807, 2.05) is 24.3 Å². The predicted molar refractivity (Wildman–Crippen MR) is 98.1 cm³/mol. The van der Waals surface area contributed by atoms with Crippen LogP contribution in [0.5, 0.6) is 0 Å². The Bertz CT molecular complexity index is 1120. The highest BCUT2D eigenvalue weighted by Gasteiger charge is 2.27.